The van der Waals surface area contributed by atoms with Crippen LogP contribution in [-0.2, 0) is 4.74 Å². The third kappa shape index (κ3) is 3.86. The second kappa shape index (κ2) is 6.95. The smallest absolute Gasteiger partial charge is 0.319 e. The van der Waals surface area contributed by atoms with E-state index < -0.39 is 0 Å². The SMILES string of the molecule is COc1ccc(NC(=O)N[C@@H](C)[C@@H]2CCCO2)cc1Br. The van der Waals surface area contributed by atoms with E-state index in [1.807, 2.05) is 6.92 Å². The first-order valence-corrected chi connectivity index (χ1v) is 7.42. The van der Waals surface area contributed by atoms with Crippen molar-refractivity contribution >= 4 is 27.6 Å². The molecular formula is C14H19BrN2O3. The van der Waals surface area contributed by atoms with Gasteiger partial charge in [-0.1, -0.05) is 0 Å². The lowest BCUT2D eigenvalue weighted by Gasteiger charge is -2.20. The molecular weight excluding hydrogens is 324 g/mol. The fourth-order valence-electron chi connectivity index (χ4n) is 2.21. The van der Waals surface area contributed by atoms with Crippen molar-refractivity contribution in [1.82, 2.24) is 5.32 Å². The van der Waals surface area contributed by atoms with Crippen molar-refractivity contribution in [3.63, 3.8) is 0 Å². The molecule has 1 aromatic rings. The summed E-state index contributed by atoms with van der Waals surface area (Å²) in [5, 5.41) is 5.69. The zero-order valence-corrected chi connectivity index (χ0v) is 13.2. The van der Waals surface area contributed by atoms with Gasteiger partial charge in [0.1, 0.15) is 5.75 Å². The highest BCUT2D eigenvalue weighted by Gasteiger charge is 2.23. The van der Waals surface area contributed by atoms with Crippen molar-refractivity contribution in [3.8, 4) is 5.75 Å². The molecule has 5 nitrogen and oxygen atoms in total. The maximum absolute atomic E-state index is 11.9. The summed E-state index contributed by atoms with van der Waals surface area (Å²) in [5.74, 6) is 0.726. The minimum Gasteiger partial charge on any atom is -0.496 e. The summed E-state index contributed by atoms with van der Waals surface area (Å²) in [7, 11) is 1.60. The lowest BCUT2D eigenvalue weighted by atomic mass is 10.1. The van der Waals surface area contributed by atoms with Gasteiger partial charge in [0.25, 0.3) is 0 Å². The van der Waals surface area contributed by atoms with Crippen LogP contribution in [0.4, 0.5) is 10.5 Å². The number of benzene rings is 1. The van der Waals surface area contributed by atoms with Gasteiger partial charge in [-0.05, 0) is 53.9 Å². The minimum absolute atomic E-state index is 0.000751. The lowest BCUT2D eigenvalue weighted by Crippen LogP contribution is -2.42. The van der Waals surface area contributed by atoms with Gasteiger partial charge in [0.2, 0.25) is 0 Å². The molecule has 2 rings (SSSR count). The number of halogens is 1. The Morgan fingerprint density at radius 2 is 2.35 bits per heavy atom. The zero-order valence-electron chi connectivity index (χ0n) is 11.6. The number of urea groups is 1. The molecule has 20 heavy (non-hydrogen) atoms. The van der Waals surface area contributed by atoms with Crippen LogP contribution in [0.2, 0.25) is 0 Å². The summed E-state index contributed by atoms with van der Waals surface area (Å²) >= 11 is 3.39. The van der Waals surface area contributed by atoms with Crippen LogP contribution in [-0.4, -0.2) is 31.9 Å². The molecule has 0 aromatic heterocycles. The number of hydrogen-bond donors (Lipinski definition) is 2. The van der Waals surface area contributed by atoms with E-state index in [-0.39, 0.29) is 18.2 Å². The number of nitrogens with one attached hydrogen (secondary N) is 2. The van der Waals surface area contributed by atoms with Gasteiger partial charge < -0.3 is 20.1 Å². The third-order valence-corrected chi connectivity index (χ3v) is 3.91. The van der Waals surface area contributed by atoms with E-state index in [1.165, 1.54) is 0 Å². The number of methoxy groups -OCH3 is 1. The number of carbonyl (C=O) groups is 1. The largest absolute Gasteiger partial charge is 0.496 e. The van der Waals surface area contributed by atoms with E-state index in [0.29, 0.717) is 5.69 Å². The van der Waals surface area contributed by atoms with Crippen molar-refractivity contribution in [2.24, 2.45) is 0 Å². The Labute approximate surface area is 127 Å². The molecule has 110 valence electrons. The van der Waals surface area contributed by atoms with Gasteiger partial charge in [0, 0.05) is 12.3 Å². The topological polar surface area (TPSA) is 59.6 Å². The summed E-state index contributed by atoms with van der Waals surface area (Å²) in [6.45, 7) is 2.74. The fraction of sp³-hybridized carbons (Fsp3) is 0.500. The second-order valence-electron chi connectivity index (χ2n) is 4.79. The first-order valence-electron chi connectivity index (χ1n) is 6.63. The van der Waals surface area contributed by atoms with Crippen molar-refractivity contribution < 1.29 is 14.3 Å². The Hall–Kier alpha value is -1.27. The molecule has 0 unspecified atom stereocenters. The van der Waals surface area contributed by atoms with Crippen LogP contribution < -0.4 is 15.4 Å². The number of hydrogen-bond acceptors (Lipinski definition) is 3. The predicted molar refractivity (Wildman–Crippen MR) is 81.3 cm³/mol. The number of rotatable bonds is 4. The maximum Gasteiger partial charge on any atom is 0.319 e. The van der Waals surface area contributed by atoms with Crippen LogP contribution in [0.3, 0.4) is 0 Å². The highest BCUT2D eigenvalue weighted by atomic mass is 79.9. The van der Waals surface area contributed by atoms with E-state index in [2.05, 4.69) is 26.6 Å². The van der Waals surface area contributed by atoms with Gasteiger partial charge in [-0.25, -0.2) is 4.79 Å². The van der Waals surface area contributed by atoms with Gasteiger partial charge in [-0.15, -0.1) is 0 Å². The molecule has 0 bridgehead atoms. The Kier molecular flexibility index (Phi) is 5.25. The molecule has 1 aromatic carbocycles. The number of ether oxygens (including phenoxy) is 2. The van der Waals surface area contributed by atoms with Crippen molar-refractivity contribution in [2.75, 3.05) is 19.0 Å². The predicted octanol–water partition coefficient (Wildman–Crippen LogP) is 3.15. The first kappa shape index (κ1) is 15.1. The molecule has 1 heterocycles. The molecule has 0 spiro atoms. The summed E-state index contributed by atoms with van der Waals surface area (Å²) in [5.41, 5.74) is 0.703. The molecule has 2 amide bonds. The Balaban J connectivity index is 1.89. The summed E-state index contributed by atoms with van der Waals surface area (Å²) in [6.07, 6.45) is 2.17. The molecule has 0 aliphatic carbocycles. The quantitative estimate of drug-likeness (QED) is 0.883. The van der Waals surface area contributed by atoms with Gasteiger partial charge in [-0.2, -0.15) is 0 Å². The number of amides is 2. The van der Waals surface area contributed by atoms with Crippen molar-refractivity contribution in [1.29, 1.82) is 0 Å². The average Bonchev–Trinajstić information content (AvgIpc) is 2.92. The maximum atomic E-state index is 11.9. The van der Waals surface area contributed by atoms with Gasteiger partial charge >= 0.3 is 6.03 Å². The summed E-state index contributed by atoms with van der Waals surface area (Å²) < 4.78 is 11.5. The van der Waals surface area contributed by atoms with E-state index >= 15 is 0 Å². The van der Waals surface area contributed by atoms with Crippen LogP contribution in [0.25, 0.3) is 0 Å². The molecule has 2 atom stereocenters. The van der Waals surface area contributed by atoms with Crippen LogP contribution in [0, 0.1) is 0 Å². The number of anilines is 1. The molecule has 6 heteroatoms. The van der Waals surface area contributed by atoms with Crippen LogP contribution in [0.1, 0.15) is 19.8 Å². The van der Waals surface area contributed by atoms with Crippen molar-refractivity contribution in [2.45, 2.75) is 31.9 Å². The Morgan fingerprint density at radius 1 is 1.55 bits per heavy atom. The molecule has 1 saturated heterocycles. The molecule has 1 aliphatic heterocycles. The first-order chi connectivity index (χ1) is 9.60. The minimum atomic E-state index is -0.231. The van der Waals surface area contributed by atoms with Crippen LogP contribution in [0.5, 0.6) is 5.75 Å². The van der Waals surface area contributed by atoms with E-state index in [0.717, 1.165) is 29.7 Å². The Morgan fingerprint density at radius 3 is 2.95 bits per heavy atom. The van der Waals surface area contributed by atoms with Crippen LogP contribution in [0.15, 0.2) is 22.7 Å². The molecule has 1 fully saturated rings. The van der Waals surface area contributed by atoms with E-state index in [1.54, 1.807) is 25.3 Å². The normalized spacial score (nSPS) is 19.4. The zero-order chi connectivity index (χ0) is 14.5. The second-order valence-corrected chi connectivity index (χ2v) is 5.64. The lowest BCUT2D eigenvalue weighted by molar-refractivity contribution is 0.0868. The molecule has 2 N–H and O–H groups in total. The van der Waals surface area contributed by atoms with Gasteiger partial charge in [0.05, 0.1) is 23.7 Å². The molecule has 1 aliphatic rings. The monoisotopic (exact) mass is 342 g/mol. The van der Waals surface area contributed by atoms with Crippen molar-refractivity contribution in [3.05, 3.63) is 22.7 Å². The Bertz CT molecular complexity index is 475. The van der Waals surface area contributed by atoms with E-state index in [4.69, 9.17) is 9.47 Å². The summed E-state index contributed by atoms with van der Waals surface area (Å²) in [4.78, 5) is 11.9. The third-order valence-electron chi connectivity index (χ3n) is 3.29. The fourth-order valence-corrected chi connectivity index (χ4v) is 2.75. The van der Waals surface area contributed by atoms with Crippen LogP contribution >= 0.6 is 15.9 Å². The van der Waals surface area contributed by atoms with Gasteiger partial charge in [0.15, 0.2) is 0 Å². The van der Waals surface area contributed by atoms with Gasteiger partial charge in [-0.3, -0.25) is 0 Å². The highest BCUT2D eigenvalue weighted by Crippen LogP contribution is 2.27. The number of carbonyl (C=O) groups excluding carboxylic acids is 1. The average molecular weight is 343 g/mol. The summed E-state index contributed by atoms with van der Waals surface area (Å²) in [6, 6.07) is 5.15. The van der Waals surface area contributed by atoms with E-state index in [9.17, 15) is 4.79 Å². The standard InChI is InChI=1S/C14H19BrN2O3/c1-9(12-4-3-7-20-12)16-14(18)17-10-5-6-13(19-2)11(15)8-10/h5-6,8-9,12H,3-4,7H2,1-2H3,(H2,16,17,18)/t9-,12-/m0/s1. The highest BCUT2D eigenvalue weighted by molar-refractivity contribution is 9.10. The molecule has 0 radical (unpaired) electrons. The molecule has 0 saturated carbocycles.